The van der Waals surface area contributed by atoms with E-state index in [1.165, 1.54) is 28.2 Å². The topological polar surface area (TPSA) is 50.2 Å². The van der Waals surface area contributed by atoms with Gasteiger partial charge in [0.15, 0.2) is 0 Å². The molecule has 0 saturated carbocycles. The molecule has 1 amide bonds. The number of amides is 1. The van der Waals surface area contributed by atoms with E-state index in [0.717, 1.165) is 49.8 Å². The lowest BCUT2D eigenvalue weighted by molar-refractivity contribution is 0.0942. The summed E-state index contributed by atoms with van der Waals surface area (Å²) >= 11 is 1.78. The summed E-state index contributed by atoms with van der Waals surface area (Å²) in [5.74, 6) is -0.283. The average molecular weight is 531 g/mol. The van der Waals surface area contributed by atoms with Gasteiger partial charge in [-0.25, -0.2) is 4.39 Å². The van der Waals surface area contributed by atoms with Crippen LogP contribution < -0.4 is 5.32 Å². The molecule has 1 aliphatic rings. The molecule has 0 aliphatic carbocycles. The highest BCUT2D eigenvalue weighted by atomic mass is 32.2. The van der Waals surface area contributed by atoms with Crippen LogP contribution in [0.5, 0.6) is 0 Å². The molecule has 0 radical (unpaired) electrons. The van der Waals surface area contributed by atoms with Crippen molar-refractivity contribution in [2.24, 2.45) is 0 Å². The number of hydrogen-bond donors (Lipinski definition) is 1. The number of likely N-dealkylation sites (tertiary alicyclic amines) is 1. The van der Waals surface area contributed by atoms with E-state index in [4.69, 9.17) is 0 Å². The molecule has 7 heteroatoms. The third-order valence-electron chi connectivity index (χ3n) is 7.42. The lowest BCUT2D eigenvalue weighted by atomic mass is 9.89. The van der Waals surface area contributed by atoms with Crippen molar-refractivity contribution in [3.8, 4) is 5.69 Å². The lowest BCUT2D eigenvalue weighted by Crippen LogP contribution is -2.34. The van der Waals surface area contributed by atoms with Crippen molar-refractivity contribution >= 4 is 28.6 Å². The molecular formula is C31H35FN4OS. The summed E-state index contributed by atoms with van der Waals surface area (Å²) in [4.78, 5) is 21.2. The van der Waals surface area contributed by atoms with Crippen molar-refractivity contribution in [3.05, 3.63) is 89.6 Å². The molecule has 1 aliphatic heterocycles. The fourth-order valence-corrected chi connectivity index (χ4v) is 5.82. The molecule has 2 aromatic carbocycles. The molecule has 198 valence electrons. The quantitative estimate of drug-likeness (QED) is 0.266. The third kappa shape index (κ3) is 5.79. The van der Waals surface area contributed by atoms with Gasteiger partial charge in [-0.1, -0.05) is 12.1 Å². The number of thioether (sulfide) groups is 1. The molecule has 1 N–H and O–H groups in total. The zero-order valence-corrected chi connectivity index (χ0v) is 23.1. The monoisotopic (exact) mass is 530 g/mol. The fraction of sp³-hybridized carbons (Fsp3) is 0.355. The van der Waals surface area contributed by atoms with E-state index in [1.807, 2.05) is 30.8 Å². The molecule has 3 heterocycles. The van der Waals surface area contributed by atoms with Crippen LogP contribution in [0.2, 0.25) is 0 Å². The highest BCUT2D eigenvalue weighted by Crippen LogP contribution is 2.36. The summed E-state index contributed by atoms with van der Waals surface area (Å²) in [6.07, 6.45) is 11.1. The van der Waals surface area contributed by atoms with Crippen LogP contribution in [0.15, 0.2) is 72.0 Å². The first-order chi connectivity index (χ1) is 18.4. The highest BCUT2D eigenvalue weighted by molar-refractivity contribution is 7.98. The van der Waals surface area contributed by atoms with Crippen molar-refractivity contribution in [1.29, 1.82) is 0 Å². The van der Waals surface area contributed by atoms with Gasteiger partial charge >= 0.3 is 0 Å². The predicted octanol–water partition coefficient (Wildman–Crippen LogP) is 6.45. The Bertz CT molecular complexity index is 1410. The van der Waals surface area contributed by atoms with Gasteiger partial charge in [-0.3, -0.25) is 9.78 Å². The summed E-state index contributed by atoms with van der Waals surface area (Å²) in [7, 11) is 0. The summed E-state index contributed by atoms with van der Waals surface area (Å²) in [5.41, 5.74) is 4.58. The first-order valence-corrected chi connectivity index (χ1v) is 14.6. The minimum absolute atomic E-state index is 0.0443. The van der Waals surface area contributed by atoms with Crippen LogP contribution >= 0.6 is 11.8 Å². The normalized spacial score (nSPS) is 14.9. The predicted molar refractivity (Wildman–Crippen MR) is 154 cm³/mol. The SMILES string of the molecule is CSc1ccc(CCN2CCC(c3cn(-c4ccc(F)cc4C(=O)NC(C)C)c4cnccc34)CC2)cc1. The summed E-state index contributed by atoms with van der Waals surface area (Å²) < 4.78 is 16.2. The van der Waals surface area contributed by atoms with Crippen molar-refractivity contribution in [2.75, 3.05) is 25.9 Å². The maximum absolute atomic E-state index is 14.2. The number of benzene rings is 2. The minimum Gasteiger partial charge on any atom is -0.350 e. The molecule has 5 nitrogen and oxygen atoms in total. The second-order valence-electron chi connectivity index (χ2n) is 10.4. The van der Waals surface area contributed by atoms with Crippen LogP contribution in [0.25, 0.3) is 16.6 Å². The largest absolute Gasteiger partial charge is 0.350 e. The summed E-state index contributed by atoms with van der Waals surface area (Å²) in [6.45, 7) is 6.99. The van der Waals surface area contributed by atoms with Gasteiger partial charge in [-0.05, 0) is 106 Å². The molecule has 38 heavy (non-hydrogen) atoms. The number of aromatic nitrogens is 2. The van der Waals surface area contributed by atoms with Gasteiger partial charge in [0.05, 0.1) is 23.0 Å². The number of hydrogen-bond acceptors (Lipinski definition) is 4. The van der Waals surface area contributed by atoms with Crippen LogP contribution in [0.1, 0.15) is 54.1 Å². The van der Waals surface area contributed by atoms with Crippen LogP contribution in [0.4, 0.5) is 4.39 Å². The van der Waals surface area contributed by atoms with Crippen molar-refractivity contribution in [3.63, 3.8) is 0 Å². The van der Waals surface area contributed by atoms with Crippen molar-refractivity contribution in [2.45, 2.75) is 50.0 Å². The Labute approximate surface area is 228 Å². The van der Waals surface area contributed by atoms with E-state index in [2.05, 4.69) is 58.0 Å². The van der Waals surface area contributed by atoms with E-state index >= 15 is 0 Å². The number of rotatable bonds is 8. The van der Waals surface area contributed by atoms with Gasteiger partial charge in [0.25, 0.3) is 5.91 Å². The number of piperidine rings is 1. The summed E-state index contributed by atoms with van der Waals surface area (Å²) in [5, 5.41) is 4.05. The van der Waals surface area contributed by atoms with Crippen molar-refractivity contribution in [1.82, 2.24) is 19.8 Å². The number of carbonyl (C=O) groups is 1. The Hall–Kier alpha value is -3.16. The number of fused-ring (bicyclic) bond motifs is 1. The molecule has 0 bridgehead atoms. The maximum Gasteiger partial charge on any atom is 0.253 e. The smallest absolute Gasteiger partial charge is 0.253 e. The van der Waals surface area contributed by atoms with E-state index in [1.54, 1.807) is 17.8 Å². The fourth-order valence-electron chi connectivity index (χ4n) is 5.41. The third-order valence-corrected chi connectivity index (χ3v) is 8.17. The Balaban J connectivity index is 1.35. The molecular weight excluding hydrogens is 495 g/mol. The zero-order chi connectivity index (χ0) is 26.6. The van der Waals surface area contributed by atoms with E-state index < -0.39 is 5.82 Å². The molecule has 5 rings (SSSR count). The molecule has 1 saturated heterocycles. The standard InChI is InChI=1S/C31H35FN4OS/c1-21(2)34-31(37)27-18-24(32)6-9-29(27)36-20-28(26-10-14-33-19-30(26)36)23-12-16-35(17-13-23)15-11-22-4-7-25(38-3)8-5-22/h4-10,14,18-21,23H,11-13,15-17H2,1-3H3,(H,34,37). The summed E-state index contributed by atoms with van der Waals surface area (Å²) in [6, 6.07) is 15.3. The molecule has 4 aromatic rings. The van der Waals surface area contributed by atoms with Crippen molar-refractivity contribution < 1.29 is 9.18 Å². The Morgan fingerprint density at radius 2 is 1.89 bits per heavy atom. The van der Waals surface area contributed by atoms with Crippen LogP contribution in [-0.2, 0) is 6.42 Å². The first-order valence-electron chi connectivity index (χ1n) is 13.3. The Morgan fingerprint density at radius 3 is 2.61 bits per heavy atom. The van der Waals surface area contributed by atoms with Gasteiger partial charge in [0.2, 0.25) is 0 Å². The molecule has 2 aromatic heterocycles. The lowest BCUT2D eigenvalue weighted by Gasteiger charge is -2.32. The van der Waals surface area contributed by atoms with Gasteiger partial charge in [-0.15, -0.1) is 11.8 Å². The average Bonchev–Trinajstić information content (AvgIpc) is 3.31. The van der Waals surface area contributed by atoms with Crippen LogP contribution in [0, 0.1) is 5.82 Å². The Morgan fingerprint density at radius 1 is 1.13 bits per heavy atom. The maximum atomic E-state index is 14.2. The number of pyridine rings is 1. The highest BCUT2D eigenvalue weighted by Gasteiger charge is 2.25. The molecule has 0 unspecified atom stereocenters. The number of nitrogens with zero attached hydrogens (tertiary/aromatic N) is 3. The number of nitrogens with one attached hydrogen (secondary N) is 1. The van der Waals surface area contributed by atoms with Gasteiger partial charge in [0, 0.05) is 35.3 Å². The zero-order valence-electron chi connectivity index (χ0n) is 22.3. The van der Waals surface area contributed by atoms with Gasteiger partial charge in [-0.2, -0.15) is 0 Å². The van der Waals surface area contributed by atoms with E-state index in [0.29, 0.717) is 17.2 Å². The number of halogens is 1. The molecule has 0 atom stereocenters. The molecule has 1 fully saturated rings. The number of carbonyl (C=O) groups excluding carboxylic acids is 1. The first kappa shape index (κ1) is 26.4. The second-order valence-corrected chi connectivity index (χ2v) is 11.2. The Kier molecular flexibility index (Phi) is 8.15. The molecule has 0 spiro atoms. The van der Waals surface area contributed by atoms with Gasteiger partial charge < -0.3 is 14.8 Å². The van der Waals surface area contributed by atoms with Gasteiger partial charge in [0.1, 0.15) is 5.82 Å². The minimum atomic E-state index is -0.426. The van der Waals surface area contributed by atoms with E-state index in [-0.39, 0.29) is 11.9 Å². The van der Waals surface area contributed by atoms with E-state index in [9.17, 15) is 9.18 Å². The van der Waals surface area contributed by atoms with Crippen LogP contribution in [0.3, 0.4) is 0 Å². The second kappa shape index (κ2) is 11.7. The van der Waals surface area contributed by atoms with Crippen LogP contribution in [-0.4, -0.2) is 52.3 Å².